The number of carbonyl (C=O) groups excluding carboxylic acids is 1. The maximum absolute atomic E-state index is 11.5. The van der Waals surface area contributed by atoms with Gasteiger partial charge in [0.25, 0.3) is 5.89 Å². The molecule has 1 atom stereocenters. The summed E-state index contributed by atoms with van der Waals surface area (Å²) in [6.07, 6.45) is 0. The molecule has 2 rings (SSSR count). The number of benzene rings is 1. The second-order valence-corrected chi connectivity index (χ2v) is 4.61. The van der Waals surface area contributed by atoms with Gasteiger partial charge in [0.1, 0.15) is 5.92 Å². The molecule has 1 aromatic carbocycles. The van der Waals surface area contributed by atoms with Crippen molar-refractivity contribution in [2.24, 2.45) is 5.92 Å². The molecule has 110 valence electrons. The van der Waals surface area contributed by atoms with Crippen LogP contribution >= 0.6 is 0 Å². The molecule has 0 saturated heterocycles. The van der Waals surface area contributed by atoms with Crippen LogP contribution in [0.4, 0.5) is 0 Å². The van der Waals surface area contributed by atoms with Crippen LogP contribution in [0.15, 0.2) is 28.8 Å². The number of carboxylic acid groups (broad SMARTS) is 1. The van der Waals surface area contributed by atoms with E-state index < -0.39 is 17.8 Å². The smallest absolute Gasteiger partial charge is 0.315 e. The summed E-state index contributed by atoms with van der Waals surface area (Å²) in [6, 6.07) is 7.55. The molecule has 7 nitrogen and oxygen atoms in total. The fourth-order valence-electron chi connectivity index (χ4n) is 1.68. The summed E-state index contributed by atoms with van der Waals surface area (Å²) in [5.74, 6) is -2.23. The first-order valence-corrected chi connectivity index (χ1v) is 6.38. The molecule has 1 unspecified atom stereocenters. The number of carboxylic acids is 1. The third-order valence-corrected chi connectivity index (χ3v) is 3.03. The standard InChI is InChI=1S/C14H15N3O4/c1-8-5-3-4-6-10(8)13-16-11(17-21-13)7-15-12(18)9(2)14(19)20/h3-6,9H,7H2,1-2H3,(H,15,18)(H,19,20). The Morgan fingerprint density at radius 3 is 2.76 bits per heavy atom. The molecule has 2 N–H and O–H groups in total. The Kier molecular flexibility index (Phi) is 4.32. The first-order valence-electron chi connectivity index (χ1n) is 6.38. The lowest BCUT2D eigenvalue weighted by atomic mass is 10.1. The summed E-state index contributed by atoms with van der Waals surface area (Å²) in [5.41, 5.74) is 1.82. The monoisotopic (exact) mass is 289 g/mol. The van der Waals surface area contributed by atoms with Gasteiger partial charge in [-0.15, -0.1) is 0 Å². The highest BCUT2D eigenvalue weighted by Gasteiger charge is 2.20. The zero-order chi connectivity index (χ0) is 15.4. The maximum Gasteiger partial charge on any atom is 0.315 e. The van der Waals surface area contributed by atoms with Crippen LogP contribution in [-0.4, -0.2) is 27.1 Å². The highest BCUT2D eigenvalue weighted by atomic mass is 16.5. The van der Waals surface area contributed by atoms with Crippen molar-refractivity contribution in [2.75, 3.05) is 0 Å². The predicted molar refractivity (Wildman–Crippen MR) is 73.1 cm³/mol. The molecule has 0 aliphatic rings. The lowest BCUT2D eigenvalue weighted by Gasteiger charge is -2.05. The SMILES string of the molecule is Cc1ccccc1-c1nc(CNC(=O)C(C)C(=O)O)no1. The highest BCUT2D eigenvalue weighted by Crippen LogP contribution is 2.20. The van der Waals surface area contributed by atoms with Crippen LogP contribution in [-0.2, 0) is 16.1 Å². The minimum Gasteiger partial charge on any atom is -0.481 e. The molecule has 0 bridgehead atoms. The third-order valence-electron chi connectivity index (χ3n) is 3.03. The molecule has 0 aliphatic carbocycles. The van der Waals surface area contributed by atoms with E-state index >= 15 is 0 Å². The summed E-state index contributed by atoms with van der Waals surface area (Å²) >= 11 is 0. The van der Waals surface area contributed by atoms with Crippen LogP contribution in [0.5, 0.6) is 0 Å². The summed E-state index contributed by atoms with van der Waals surface area (Å²) in [7, 11) is 0. The topological polar surface area (TPSA) is 105 Å². The molecule has 0 spiro atoms. The average molecular weight is 289 g/mol. The number of hydrogen-bond donors (Lipinski definition) is 2. The van der Waals surface area contributed by atoms with Gasteiger partial charge in [-0.05, 0) is 25.5 Å². The van der Waals surface area contributed by atoms with Gasteiger partial charge < -0.3 is 14.9 Å². The number of aliphatic carboxylic acids is 1. The van der Waals surface area contributed by atoms with Gasteiger partial charge in [0, 0.05) is 5.56 Å². The molecular formula is C14H15N3O4. The number of aryl methyl sites for hydroxylation is 1. The molecule has 7 heteroatoms. The van der Waals surface area contributed by atoms with Crippen molar-refractivity contribution in [3.63, 3.8) is 0 Å². The second kappa shape index (κ2) is 6.17. The fraction of sp³-hybridized carbons (Fsp3) is 0.286. The molecule has 1 aromatic heterocycles. The number of amides is 1. The van der Waals surface area contributed by atoms with E-state index in [4.69, 9.17) is 9.63 Å². The van der Waals surface area contributed by atoms with Crippen molar-refractivity contribution in [3.05, 3.63) is 35.7 Å². The Morgan fingerprint density at radius 2 is 2.10 bits per heavy atom. The first-order chi connectivity index (χ1) is 9.99. The number of carbonyl (C=O) groups is 2. The van der Waals surface area contributed by atoms with E-state index in [9.17, 15) is 9.59 Å². The van der Waals surface area contributed by atoms with E-state index in [1.54, 1.807) is 0 Å². The molecule has 0 aliphatic heterocycles. The van der Waals surface area contributed by atoms with Crippen LogP contribution in [0, 0.1) is 12.8 Å². The zero-order valence-corrected chi connectivity index (χ0v) is 11.7. The molecule has 1 heterocycles. The lowest BCUT2D eigenvalue weighted by Crippen LogP contribution is -2.33. The predicted octanol–water partition coefficient (Wildman–Crippen LogP) is 1.38. The number of hydrogen-bond acceptors (Lipinski definition) is 5. The van der Waals surface area contributed by atoms with Crippen molar-refractivity contribution in [1.82, 2.24) is 15.5 Å². The van der Waals surface area contributed by atoms with E-state index in [1.165, 1.54) is 6.92 Å². The number of aromatic nitrogens is 2. The number of rotatable bonds is 5. The van der Waals surface area contributed by atoms with E-state index in [2.05, 4.69) is 15.5 Å². The van der Waals surface area contributed by atoms with Gasteiger partial charge in [-0.3, -0.25) is 9.59 Å². The summed E-state index contributed by atoms with van der Waals surface area (Å²) in [6.45, 7) is 3.26. The summed E-state index contributed by atoms with van der Waals surface area (Å²) in [5, 5.41) is 14.9. The fourth-order valence-corrected chi connectivity index (χ4v) is 1.68. The number of nitrogens with one attached hydrogen (secondary N) is 1. The Bertz CT molecular complexity index is 666. The molecule has 0 radical (unpaired) electrons. The molecular weight excluding hydrogens is 274 g/mol. The van der Waals surface area contributed by atoms with E-state index in [0.29, 0.717) is 11.7 Å². The van der Waals surface area contributed by atoms with E-state index in [1.807, 2.05) is 31.2 Å². The van der Waals surface area contributed by atoms with E-state index in [-0.39, 0.29) is 6.54 Å². The molecule has 0 fully saturated rings. The normalized spacial score (nSPS) is 11.9. The minimum atomic E-state index is -1.18. The average Bonchev–Trinajstić information content (AvgIpc) is 2.93. The quantitative estimate of drug-likeness (QED) is 0.806. The zero-order valence-electron chi connectivity index (χ0n) is 11.7. The summed E-state index contributed by atoms with van der Waals surface area (Å²) in [4.78, 5) is 26.4. The third kappa shape index (κ3) is 3.44. The van der Waals surface area contributed by atoms with Gasteiger partial charge in [0.2, 0.25) is 5.91 Å². The van der Waals surface area contributed by atoms with Crippen LogP contribution in [0.25, 0.3) is 11.5 Å². The van der Waals surface area contributed by atoms with Crippen LogP contribution in [0.3, 0.4) is 0 Å². The van der Waals surface area contributed by atoms with Crippen molar-refractivity contribution < 1.29 is 19.2 Å². The van der Waals surface area contributed by atoms with Gasteiger partial charge >= 0.3 is 5.97 Å². The Labute approximate surface area is 121 Å². The first kappa shape index (κ1) is 14.7. The van der Waals surface area contributed by atoms with Gasteiger partial charge in [-0.25, -0.2) is 0 Å². The van der Waals surface area contributed by atoms with Crippen molar-refractivity contribution >= 4 is 11.9 Å². The van der Waals surface area contributed by atoms with Gasteiger partial charge in [-0.1, -0.05) is 23.4 Å². The van der Waals surface area contributed by atoms with Gasteiger partial charge in [-0.2, -0.15) is 4.98 Å². The lowest BCUT2D eigenvalue weighted by molar-refractivity contribution is -0.146. The molecule has 21 heavy (non-hydrogen) atoms. The van der Waals surface area contributed by atoms with Crippen LogP contribution < -0.4 is 5.32 Å². The van der Waals surface area contributed by atoms with Gasteiger partial charge in [0.15, 0.2) is 5.82 Å². The Hall–Kier alpha value is -2.70. The maximum atomic E-state index is 11.5. The largest absolute Gasteiger partial charge is 0.481 e. The summed E-state index contributed by atoms with van der Waals surface area (Å²) < 4.78 is 5.14. The molecule has 1 amide bonds. The second-order valence-electron chi connectivity index (χ2n) is 4.61. The molecule has 0 saturated carbocycles. The van der Waals surface area contributed by atoms with Crippen molar-refractivity contribution in [2.45, 2.75) is 20.4 Å². The minimum absolute atomic E-state index is 0.0197. The van der Waals surface area contributed by atoms with Crippen molar-refractivity contribution in [3.8, 4) is 11.5 Å². The van der Waals surface area contributed by atoms with Crippen LogP contribution in [0.1, 0.15) is 18.3 Å². The molecule has 2 aromatic rings. The van der Waals surface area contributed by atoms with E-state index in [0.717, 1.165) is 11.1 Å². The van der Waals surface area contributed by atoms with Crippen molar-refractivity contribution in [1.29, 1.82) is 0 Å². The Balaban J connectivity index is 2.03. The highest BCUT2D eigenvalue weighted by molar-refractivity contribution is 5.96. The van der Waals surface area contributed by atoms with Gasteiger partial charge in [0.05, 0.1) is 6.54 Å². The number of nitrogens with zero attached hydrogens (tertiary/aromatic N) is 2. The van der Waals surface area contributed by atoms with Crippen LogP contribution in [0.2, 0.25) is 0 Å². The Morgan fingerprint density at radius 1 is 1.38 bits per heavy atom.